The van der Waals surface area contributed by atoms with Gasteiger partial charge in [-0.25, -0.2) is 4.79 Å². The molecule has 0 spiro atoms. The molecular formula is C21H28N4O5S. The monoisotopic (exact) mass is 448 g/mol. The number of anilines is 1. The highest BCUT2D eigenvalue weighted by atomic mass is 32.1. The number of hydrogen-bond donors (Lipinski definition) is 5. The molecular weight excluding hydrogens is 420 g/mol. The van der Waals surface area contributed by atoms with E-state index in [1.165, 1.54) is 11.3 Å². The van der Waals surface area contributed by atoms with Crippen LogP contribution in [0.2, 0.25) is 0 Å². The molecule has 0 fully saturated rings. The fourth-order valence-electron chi connectivity index (χ4n) is 3.21. The van der Waals surface area contributed by atoms with Crippen LogP contribution in [-0.2, 0) is 11.2 Å². The Labute approximate surface area is 184 Å². The highest BCUT2D eigenvalue weighted by Gasteiger charge is 2.24. The van der Waals surface area contributed by atoms with E-state index in [1.54, 1.807) is 11.0 Å². The summed E-state index contributed by atoms with van der Waals surface area (Å²) in [4.78, 5) is 36.9. The summed E-state index contributed by atoms with van der Waals surface area (Å²) < 4.78 is 0. The Kier molecular flexibility index (Phi) is 8.98. The molecule has 1 aromatic heterocycles. The third kappa shape index (κ3) is 6.78. The lowest BCUT2D eigenvalue weighted by atomic mass is 10.1. The number of benzene rings is 1. The molecule has 0 aliphatic carbocycles. The zero-order chi connectivity index (χ0) is 23.0. The molecule has 10 heteroatoms. The van der Waals surface area contributed by atoms with Crippen molar-refractivity contribution >= 4 is 34.2 Å². The van der Waals surface area contributed by atoms with Crippen molar-refractivity contribution in [3.8, 4) is 10.4 Å². The number of thiophene rings is 1. The van der Waals surface area contributed by atoms with Crippen LogP contribution in [0.4, 0.5) is 9.80 Å². The first-order chi connectivity index (χ1) is 14.8. The Morgan fingerprint density at radius 2 is 1.94 bits per heavy atom. The van der Waals surface area contributed by atoms with Gasteiger partial charge < -0.3 is 21.7 Å². The summed E-state index contributed by atoms with van der Waals surface area (Å²) >= 11 is 1.19. The van der Waals surface area contributed by atoms with Crippen molar-refractivity contribution in [2.75, 3.05) is 25.0 Å². The van der Waals surface area contributed by atoms with E-state index in [1.807, 2.05) is 31.2 Å². The Bertz CT molecular complexity index is 930. The maximum atomic E-state index is 11.7. The minimum Gasteiger partial charge on any atom is -0.480 e. The first-order valence-electron chi connectivity index (χ1n) is 9.93. The molecule has 0 saturated carbocycles. The largest absolute Gasteiger partial charge is 0.480 e. The number of urea groups is 1. The number of aliphatic hydroxyl groups is 1. The van der Waals surface area contributed by atoms with Crippen LogP contribution in [0.5, 0.6) is 0 Å². The van der Waals surface area contributed by atoms with E-state index < -0.39 is 30.6 Å². The van der Waals surface area contributed by atoms with Crippen LogP contribution < -0.4 is 16.8 Å². The fraction of sp³-hybridized carbons (Fsp3) is 0.381. The van der Waals surface area contributed by atoms with Crippen LogP contribution in [0.15, 0.2) is 30.3 Å². The molecule has 1 aromatic carbocycles. The molecule has 1 atom stereocenters. The number of carboxylic acid groups (broad SMARTS) is 1. The maximum absolute atomic E-state index is 11.7. The van der Waals surface area contributed by atoms with Crippen molar-refractivity contribution in [2.45, 2.75) is 32.2 Å². The number of carbonyl (C=O) groups is 3. The molecule has 9 nitrogen and oxygen atoms in total. The van der Waals surface area contributed by atoms with Crippen molar-refractivity contribution in [1.29, 1.82) is 0 Å². The van der Waals surface area contributed by atoms with Crippen LogP contribution in [0.1, 0.15) is 35.7 Å². The van der Waals surface area contributed by atoms with E-state index in [9.17, 15) is 24.6 Å². The van der Waals surface area contributed by atoms with Gasteiger partial charge in [0.1, 0.15) is 11.0 Å². The summed E-state index contributed by atoms with van der Waals surface area (Å²) in [6, 6.07) is 7.50. The Balaban J connectivity index is 2.22. The predicted octanol–water partition coefficient (Wildman–Crippen LogP) is 2.09. The average Bonchev–Trinajstić information content (AvgIpc) is 3.13. The number of carboxylic acids is 1. The zero-order valence-electron chi connectivity index (χ0n) is 17.3. The van der Waals surface area contributed by atoms with E-state index in [2.05, 4.69) is 5.32 Å². The van der Waals surface area contributed by atoms with Crippen LogP contribution in [0, 0.1) is 0 Å². The first-order valence-corrected chi connectivity index (χ1v) is 10.8. The van der Waals surface area contributed by atoms with Crippen molar-refractivity contribution in [3.63, 3.8) is 0 Å². The molecule has 1 heterocycles. The number of rotatable bonds is 12. The van der Waals surface area contributed by atoms with Gasteiger partial charge in [0, 0.05) is 11.4 Å². The fourth-order valence-corrected chi connectivity index (χ4v) is 4.27. The standard InChI is InChI=1S/C21H28N4O5S/c1-2-3-8-25(16(12-26)20(28)29)9-7-13-5-4-6-14(10-13)17-11-15(18(22)27)19(31-17)24-21(23)30/h4-6,10-11,16,26H,2-3,7-9,12H2,1H3,(H2,22,27)(H,28,29)(H3,23,24,30)/t16-/m0/s1. The summed E-state index contributed by atoms with van der Waals surface area (Å²) in [5.74, 6) is -1.71. The lowest BCUT2D eigenvalue weighted by Crippen LogP contribution is -2.45. The number of hydrogen-bond acceptors (Lipinski definition) is 6. The molecule has 0 radical (unpaired) electrons. The van der Waals surface area contributed by atoms with E-state index in [0.29, 0.717) is 24.5 Å². The van der Waals surface area contributed by atoms with E-state index in [-0.39, 0.29) is 5.56 Å². The molecule has 0 aliphatic rings. The molecule has 7 N–H and O–H groups in total. The number of unbranched alkanes of at least 4 members (excludes halogenated alkanes) is 1. The number of amides is 3. The summed E-state index contributed by atoms with van der Waals surface area (Å²) in [7, 11) is 0. The highest BCUT2D eigenvalue weighted by Crippen LogP contribution is 2.35. The second-order valence-corrected chi connectivity index (χ2v) is 8.14. The third-order valence-electron chi connectivity index (χ3n) is 4.83. The molecule has 0 saturated heterocycles. The maximum Gasteiger partial charge on any atom is 0.323 e. The van der Waals surface area contributed by atoms with Gasteiger partial charge in [0.2, 0.25) is 0 Å². The predicted molar refractivity (Wildman–Crippen MR) is 120 cm³/mol. The first kappa shape index (κ1) is 24.3. The van der Waals surface area contributed by atoms with Gasteiger partial charge in [-0.05, 0) is 36.6 Å². The SMILES string of the molecule is CCCCN(CCc1cccc(-c2cc(C(N)=O)c(NC(N)=O)s2)c1)[C@@H](CO)C(=O)O. The number of nitrogens with zero attached hydrogens (tertiary/aromatic N) is 1. The van der Waals surface area contributed by atoms with E-state index in [4.69, 9.17) is 11.5 Å². The second-order valence-electron chi connectivity index (χ2n) is 7.08. The molecule has 31 heavy (non-hydrogen) atoms. The van der Waals surface area contributed by atoms with Gasteiger partial charge in [-0.2, -0.15) is 0 Å². The van der Waals surface area contributed by atoms with Crippen LogP contribution in [0.25, 0.3) is 10.4 Å². The van der Waals surface area contributed by atoms with Crippen molar-refractivity contribution in [3.05, 3.63) is 41.5 Å². The topological polar surface area (TPSA) is 159 Å². The van der Waals surface area contributed by atoms with Gasteiger partial charge >= 0.3 is 12.0 Å². The second kappa shape index (κ2) is 11.4. The normalized spacial score (nSPS) is 12.0. The molecule has 168 valence electrons. The van der Waals surface area contributed by atoms with Crippen molar-refractivity contribution in [1.82, 2.24) is 4.90 Å². The molecule has 2 rings (SSSR count). The van der Waals surface area contributed by atoms with Gasteiger partial charge in [0.25, 0.3) is 5.91 Å². The zero-order valence-corrected chi connectivity index (χ0v) is 18.2. The minimum absolute atomic E-state index is 0.183. The van der Waals surface area contributed by atoms with Gasteiger partial charge in [-0.15, -0.1) is 11.3 Å². The minimum atomic E-state index is -1.04. The van der Waals surface area contributed by atoms with Gasteiger partial charge in [0.15, 0.2) is 0 Å². The number of aliphatic carboxylic acids is 1. The van der Waals surface area contributed by atoms with E-state index >= 15 is 0 Å². The quantitative estimate of drug-likeness (QED) is 0.334. The Morgan fingerprint density at radius 3 is 2.52 bits per heavy atom. The molecule has 0 unspecified atom stereocenters. The summed E-state index contributed by atoms with van der Waals surface area (Å²) in [6.45, 7) is 2.65. The third-order valence-corrected chi connectivity index (χ3v) is 5.93. The van der Waals surface area contributed by atoms with Gasteiger partial charge in [-0.1, -0.05) is 37.6 Å². The Hall–Kier alpha value is -2.95. The number of carbonyl (C=O) groups excluding carboxylic acids is 2. The highest BCUT2D eigenvalue weighted by molar-refractivity contribution is 7.20. The summed E-state index contributed by atoms with van der Waals surface area (Å²) in [6.07, 6.45) is 2.35. The smallest absolute Gasteiger partial charge is 0.323 e. The average molecular weight is 449 g/mol. The van der Waals surface area contributed by atoms with Gasteiger partial charge in [0.05, 0.1) is 12.2 Å². The number of aliphatic hydroxyl groups excluding tert-OH is 1. The molecule has 0 aliphatic heterocycles. The van der Waals surface area contributed by atoms with Crippen molar-refractivity contribution < 1.29 is 24.6 Å². The van der Waals surface area contributed by atoms with Crippen molar-refractivity contribution in [2.24, 2.45) is 11.5 Å². The summed E-state index contributed by atoms with van der Waals surface area (Å²) in [5.41, 5.74) is 12.6. The Morgan fingerprint density at radius 1 is 1.19 bits per heavy atom. The number of primary amides is 2. The molecule has 2 aromatic rings. The summed E-state index contributed by atoms with van der Waals surface area (Å²) in [5, 5.41) is 21.6. The lowest BCUT2D eigenvalue weighted by molar-refractivity contribution is -0.144. The van der Waals surface area contributed by atoms with Crippen LogP contribution >= 0.6 is 11.3 Å². The lowest BCUT2D eigenvalue weighted by Gasteiger charge is -2.27. The number of nitrogens with two attached hydrogens (primary N) is 2. The van der Waals surface area contributed by atoms with Gasteiger partial charge in [-0.3, -0.25) is 19.8 Å². The van der Waals surface area contributed by atoms with Crippen LogP contribution in [0.3, 0.4) is 0 Å². The molecule has 3 amide bonds. The van der Waals surface area contributed by atoms with Crippen LogP contribution in [-0.4, -0.2) is 58.8 Å². The van der Waals surface area contributed by atoms with E-state index in [0.717, 1.165) is 28.8 Å². The number of nitrogens with one attached hydrogen (secondary N) is 1. The molecule has 0 bridgehead atoms.